The van der Waals surface area contributed by atoms with Crippen molar-refractivity contribution in [1.29, 1.82) is 5.26 Å². The van der Waals surface area contributed by atoms with Crippen LogP contribution in [0.4, 0.5) is 0 Å². The number of nitrogens with zero attached hydrogens (tertiary/aromatic N) is 1. The molecule has 2 rings (SSSR count). The monoisotopic (exact) mass is 215 g/mol. The molecule has 0 radical (unpaired) electrons. The highest BCUT2D eigenvalue weighted by atomic mass is 16.5. The lowest BCUT2D eigenvalue weighted by Gasteiger charge is -2.15. The minimum Gasteiger partial charge on any atom is -0.496 e. The van der Waals surface area contributed by atoms with Gasteiger partial charge in [0.1, 0.15) is 5.75 Å². The van der Waals surface area contributed by atoms with E-state index in [0.717, 1.165) is 17.7 Å². The number of hydrogen-bond acceptors (Lipinski definition) is 2. The summed E-state index contributed by atoms with van der Waals surface area (Å²) in [6.07, 6.45) is 0.947. The van der Waals surface area contributed by atoms with E-state index in [9.17, 15) is 5.26 Å². The quantitative estimate of drug-likeness (QED) is 0.759. The molecule has 1 fully saturated rings. The number of benzene rings is 1. The average molecular weight is 215 g/mol. The third kappa shape index (κ3) is 1.39. The minimum atomic E-state index is -0.302. The topological polar surface area (TPSA) is 33.0 Å². The lowest BCUT2D eigenvalue weighted by atomic mass is 9.91. The molecule has 0 heterocycles. The van der Waals surface area contributed by atoms with E-state index in [1.165, 1.54) is 11.1 Å². The van der Waals surface area contributed by atoms with Crippen LogP contribution in [0.15, 0.2) is 12.1 Å². The molecule has 0 amide bonds. The highest BCUT2D eigenvalue weighted by molar-refractivity contribution is 5.52. The van der Waals surface area contributed by atoms with Gasteiger partial charge in [0.25, 0.3) is 0 Å². The second-order valence-electron chi connectivity index (χ2n) is 4.83. The first-order chi connectivity index (χ1) is 7.55. The number of rotatable bonds is 2. The molecule has 0 saturated heterocycles. The molecule has 1 aliphatic carbocycles. The summed E-state index contributed by atoms with van der Waals surface area (Å²) >= 11 is 0. The fourth-order valence-electron chi connectivity index (χ4n) is 2.32. The van der Waals surface area contributed by atoms with E-state index in [0.29, 0.717) is 5.92 Å². The highest BCUT2D eigenvalue weighted by Crippen LogP contribution is 2.56. The Bertz CT molecular complexity index is 472. The molecule has 0 spiro atoms. The molecule has 16 heavy (non-hydrogen) atoms. The predicted octanol–water partition coefficient (Wildman–Crippen LogP) is 3.11. The molecule has 2 unspecified atom stereocenters. The number of aryl methyl sites for hydroxylation is 2. The van der Waals surface area contributed by atoms with Gasteiger partial charge in [0, 0.05) is 5.56 Å². The van der Waals surface area contributed by atoms with E-state index in [2.05, 4.69) is 32.9 Å². The van der Waals surface area contributed by atoms with Crippen molar-refractivity contribution in [3.8, 4) is 11.8 Å². The second-order valence-corrected chi connectivity index (χ2v) is 4.83. The van der Waals surface area contributed by atoms with Gasteiger partial charge in [-0.1, -0.05) is 13.0 Å². The maximum absolute atomic E-state index is 9.35. The first kappa shape index (κ1) is 11.0. The summed E-state index contributed by atoms with van der Waals surface area (Å²) in [4.78, 5) is 0. The van der Waals surface area contributed by atoms with Crippen LogP contribution in [0.5, 0.6) is 5.75 Å². The molecular weight excluding hydrogens is 198 g/mol. The van der Waals surface area contributed by atoms with Crippen LogP contribution in [-0.2, 0) is 5.41 Å². The third-order valence-corrected chi connectivity index (χ3v) is 3.81. The van der Waals surface area contributed by atoms with Crippen molar-refractivity contribution < 1.29 is 4.74 Å². The Balaban J connectivity index is 2.57. The van der Waals surface area contributed by atoms with Crippen LogP contribution >= 0.6 is 0 Å². The number of ether oxygens (including phenoxy) is 1. The van der Waals surface area contributed by atoms with Crippen molar-refractivity contribution in [2.24, 2.45) is 5.92 Å². The minimum absolute atomic E-state index is 0.302. The van der Waals surface area contributed by atoms with Crippen molar-refractivity contribution in [2.75, 3.05) is 7.11 Å². The molecular formula is C14H17NO. The summed E-state index contributed by atoms with van der Waals surface area (Å²) in [5, 5.41) is 9.35. The van der Waals surface area contributed by atoms with Gasteiger partial charge in [0.05, 0.1) is 18.6 Å². The predicted molar refractivity (Wildman–Crippen MR) is 63.5 cm³/mol. The van der Waals surface area contributed by atoms with Gasteiger partial charge in [-0.25, -0.2) is 0 Å². The largest absolute Gasteiger partial charge is 0.496 e. The summed E-state index contributed by atoms with van der Waals surface area (Å²) in [5.41, 5.74) is 3.20. The van der Waals surface area contributed by atoms with Crippen LogP contribution in [0, 0.1) is 31.1 Å². The van der Waals surface area contributed by atoms with Gasteiger partial charge in [-0.3, -0.25) is 0 Å². The van der Waals surface area contributed by atoms with Crippen LogP contribution in [0.25, 0.3) is 0 Å². The highest BCUT2D eigenvalue weighted by Gasteiger charge is 2.54. The first-order valence-corrected chi connectivity index (χ1v) is 5.62. The van der Waals surface area contributed by atoms with Gasteiger partial charge in [0.15, 0.2) is 0 Å². The molecule has 0 aromatic heterocycles. The third-order valence-electron chi connectivity index (χ3n) is 3.81. The molecule has 2 atom stereocenters. The van der Waals surface area contributed by atoms with Crippen LogP contribution in [-0.4, -0.2) is 7.11 Å². The number of methoxy groups -OCH3 is 1. The molecule has 0 N–H and O–H groups in total. The van der Waals surface area contributed by atoms with Gasteiger partial charge in [-0.15, -0.1) is 0 Å². The Morgan fingerprint density at radius 3 is 2.38 bits per heavy atom. The van der Waals surface area contributed by atoms with Crippen molar-refractivity contribution in [1.82, 2.24) is 0 Å². The van der Waals surface area contributed by atoms with E-state index < -0.39 is 0 Å². The molecule has 2 heteroatoms. The molecule has 2 nitrogen and oxygen atoms in total. The fourth-order valence-corrected chi connectivity index (χ4v) is 2.32. The Kier molecular flexibility index (Phi) is 2.42. The maximum atomic E-state index is 9.35. The lowest BCUT2D eigenvalue weighted by Crippen LogP contribution is -2.09. The second kappa shape index (κ2) is 3.52. The van der Waals surface area contributed by atoms with E-state index in [-0.39, 0.29) is 5.41 Å². The lowest BCUT2D eigenvalue weighted by molar-refractivity contribution is 0.406. The van der Waals surface area contributed by atoms with Crippen molar-refractivity contribution in [2.45, 2.75) is 32.6 Å². The zero-order valence-corrected chi connectivity index (χ0v) is 10.3. The Morgan fingerprint density at radius 1 is 1.38 bits per heavy atom. The van der Waals surface area contributed by atoms with Gasteiger partial charge < -0.3 is 4.74 Å². The smallest absolute Gasteiger partial charge is 0.123 e. The van der Waals surface area contributed by atoms with Crippen LogP contribution in [0.3, 0.4) is 0 Å². The summed E-state index contributed by atoms with van der Waals surface area (Å²) in [6.45, 7) is 6.27. The normalized spacial score (nSPS) is 27.3. The van der Waals surface area contributed by atoms with E-state index in [1.54, 1.807) is 7.11 Å². The Labute approximate surface area is 96.9 Å². The SMILES string of the molecule is COc1cc(C)c(C)cc1C1(C#N)CC1C. The number of hydrogen-bond donors (Lipinski definition) is 0. The Morgan fingerprint density at radius 2 is 1.94 bits per heavy atom. The molecule has 0 bridgehead atoms. The summed E-state index contributed by atoms with van der Waals surface area (Å²) in [6, 6.07) is 6.61. The molecule has 0 aliphatic heterocycles. The first-order valence-electron chi connectivity index (χ1n) is 5.62. The molecule has 1 aliphatic rings. The average Bonchev–Trinajstić information content (AvgIpc) is 2.94. The molecule has 1 aromatic rings. The van der Waals surface area contributed by atoms with Crippen molar-refractivity contribution in [3.63, 3.8) is 0 Å². The number of nitriles is 1. The van der Waals surface area contributed by atoms with Crippen molar-refractivity contribution >= 4 is 0 Å². The Hall–Kier alpha value is -1.49. The van der Waals surface area contributed by atoms with Gasteiger partial charge in [-0.2, -0.15) is 5.26 Å². The zero-order chi connectivity index (χ0) is 11.9. The van der Waals surface area contributed by atoms with Crippen LogP contribution < -0.4 is 4.74 Å². The van der Waals surface area contributed by atoms with E-state index >= 15 is 0 Å². The molecule has 1 saturated carbocycles. The van der Waals surface area contributed by atoms with Crippen molar-refractivity contribution in [3.05, 3.63) is 28.8 Å². The summed E-state index contributed by atoms with van der Waals surface area (Å²) in [5.74, 6) is 1.29. The summed E-state index contributed by atoms with van der Waals surface area (Å²) < 4.78 is 5.41. The van der Waals surface area contributed by atoms with E-state index in [4.69, 9.17) is 4.74 Å². The van der Waals surface area contributed by atoms with Gasteiger partial charge in [-0.05, 0) is 43.4 Å². The van der Waals surface area contributed by atoms with Crippen LogP contribution in [0.1, 0.15) is 30.0 Å². The van der Waals surface area contributed by atoms with Gasteiger partial charge in [0.2, 0.25) is 0 Å². The molecule has 84 valence electrons. The standard InChI is InChI=1S/C14H17NO/c1-9-5-12(13(16-4)6-10(9)2)14(8-15)7-11(14)3/h5-6,11H,7H2,1-4H3. The fraction of sp³-hybridized carbons (Fsp3) is 0.500. The van der Waals surface area contributed by atoms with Crippen LogP contribution in [0.2, 0.25) is 0 Å². The van der Waals surface area contributed by atoms with Gasteiger partial charge >= 0.3 is 0 Å². The summed E-state index contributed by atoms with van der Waals surface area (Å²) in [7, 11) is 1.67. The molecule has 1 aromatic carbocycles. The zero-order valence-electron chi connectivity index (χ0n) is 10.3. The van der Waals surface area contributed by atoms with E-state index in [1.807, 2.05) is 6.07 Å². The maximum Gasteiger partial charge on any atom is 0.123 e.